The number of thiophene rings is 1. The highest BCUT2D eigenvalue weighted by Gasteiger charge is 2.19. The Morgan fingerprint density at radius 1 is 1.11 bits per heavy atom. The predicted octanol–water partition coefficient (Wildman–Crippen LogP) is 5.17. The number of aryl methyl sites for hydroxylation is 3. The van der Waals surface area contributed by atoms with Crippen molar-refractivity contribution in [2.45, 2.75) is 37.4 Å². The summed E-state index contributed by atoms with van der Waals surface area (Å²) in [6, 6.07) is 13.7. The second kappa shape index (κ2) is 7.29. The second-order valence-corrected chi connectivity index (χ2v) is 8.40. The summed E-state index contributed by atoms with van der Waals surface area (Å²) in [6.45, 7) is 6.17. The first kappa shape index (κ1) is 17.9. The van der Waals surface area contributed by atoms with Gasteiger partial charge in [-0.3, -0.25) is 9.36 Å². The number of hydrogen-bond acceptors (Lipinski definition) is 5. The lowest BCUT2D eigenvalue weighted by Crippen LogP contribution is -2.21. The topological polar surface area (TPSA) is 47.8 Å². The van der Waals surface area contributed by atoms with Gasteiger partial charge in [-0.05, 0) is 61.9 Å². The lowest BCUT2D eigenvalue weighted by molar-refractivity contribution is 0.819. The molecule has 0 spiro atoms. The van der Waals surface area contributed by atoms with Gasteiger partial charge >= 0.3 is 0 Å². The number of nitrogens with zero attached hydrogens (tertiary/aromatic N) is 3. The van der Waals surface area contributed by atoms with Gasteiger partial charge in [0.1, 0.15) is 9.86 Å². The average molecular weight is 394 g/mol. The fourth-order valence-corrected chi connectivity index (χ4v) is 5.07. The van der Waals surface area contributed by atoms with Crippen molar-refractivity contribution in [2.75, 3.05) is 0 Å². The Morgan fingerprint density at radius 2 is 1.89 bits per heavy atom. The highest BCUT2D eigenvalue weighted by molar-refractivity contribution is 7.99. The molecule has 0 fully saturated rings. The molecule has 1 aromatic carbocycles. The highest BCUT2D eigenvalue weighted by Crippen LogP contribution is 2.32. The monoisotopic (exact) mass is 393 g/mol. The molecule has 0 aliphatic rings. The van der Waals surface area contributed by atoms with Gasteiger partial charge in [0.05, 0.1) is 11.1 Å². The molecular formula is C21H19N3OS2. The van der Waals surface area contributed by atoms with E-state index in [0.29, 0.717) is 5.16 Å². The van der Waals surface area contributed by atoms with Gasteiger partial charge in [0.25, 0.3) is 5.56 Å². The molecule has 3 aromatic heterocycles. The van der Waals surface area contributed by atoms with Crippen molar-refractivity contribution < 1.29 is 0 Å². The van der Waals surface area contributed by atoms with Crippen LogP contribution in [-0.2, 0) is 6.42 Å². The largest absolute Gasteiger partial charge is 0.268 e. The number of rotatable bonds is 4. The first-order valence-electron chi connectivity index (χ1n) is 8.79. The van der Waals surface area contributed by atoms with E-state index in [9.17, 15) is 4.79 Å². The highest BCUT2D eigenvalue weighted by atomic mass is 32.2. The van der Waals surface area contributed by atoms with E-state index >= 15 is 0 Å². The summed E-state index contributed by atoms with van der Waals surface area (Å²) in [5.41, 5.74) is 3.00. The normalized spacial score (nSPS) is 11.2. The van der Waals surface area contributed by atoms with Gasteiger partial charge in [-0.15, -0.1) is 11.3 Å². The van der Waals surface area contributed by atoms with Crippen LogP contribution in [0, 0.1) is 13.8 Å². The van der Waals surface area contributed by atoms with E-state index < -0.39 is 0 Å². The van der Waals surface area contributed by atoms with Gasteiger partial charge < -0.3 is 0 Å². The lowest BCUT2D eigenvalue weighted by Gasteiger charge is -2.12. The van der Waals surface area contributed by atoms with E-state index in [4.69, 9.17) is 4.98 Å². The van der Waals surface area contributed by atoms with Gasteiger partial charge in [-0.25, -0.2) is 9.97 Å². The molecule has 0 aliphatic carbocycles. The van der Waals surface area contributed by atoms with Crippen molar-refractivity contribution in [2.24, 2.45) is 0 Å². The Labute approximate surface area is 165 Å². The fraction of sp³-hybridized carbons (Fsp3) is 0.190. The summed E-state index contributed by atoms with van der Waals surface area (Å²) in [5.74, 6) is 0. The van der Waals surface area contributed by atoms with E-state index in [2.05, 4.69) is 11.9 Å². The Balaban J connectivity index is 2.00. The average Bonchev–Trinajstić information content (AvgIpc) is 3.00. The zero-order valence-electron chi connectivity index (χ0n) is 15.4. The Hall–Kier alpha value is -2.44. The summed E-state index contributed by atoms with van der Waals surface area (Å²) in [7, 11) is 0. The zero-order valence-corrected chi connectivity index (χ0v) is 17.0. The molecule has 4 aromatic rings. The van der Waals surface area contributed by atoms with Crippen LogP contribution < -0.4 is 5.56 Å². The van der Waals surface area contributed by atoms with Crippen molar-refractivity contribution in [1.29, 1.82) is 0 Å². The third-order valence-electron chi connectivity index (χ3n) is 4.48. The van der Waals surface area contributed by atoms with Gasteiger partial charge in [-0.2, -0.15) is 0 Å². The van der Waals surface area contributed by atoms with E-state index in [1.54, 1.807) is 22.1 Å². The molecule has 6 heteroatoms. The van der Waals surface area contributed by atoms with Gasteiger partial charge in [-0.1, -0.05) is 30.7 Å². The van der Waals surface area contributed by atoms with Gasteiger partial charge in [0.15, 0.2) is 5.16 Å². The van der Waals surface area contributed by atoms with Crippen molar-refractivity contribution in [3.8, 4) is 5.69 Å². The second-order valence-electron chi connectivity index (χ2n) is 6.32. The van der Waals surface area contributed by atoms with Crippen molar-refractivity contribution in [3.63, 3.8) is 0 Å². The third kappa shape index (κ3) is 3.31. The predicted molar refractivity (Wildman–Crippen MR) is 112 cm³/mol. The molecule has 0 saturated heterocycles. The number of pyridine rings is 1. The third-order valence-corrected chi connectivity index (χ3v) is 6.72. The maximum Gasteiger partial charge on any atom is 0.267 e. The zero-order chi connectivity index (χ0) is 19.0. The number of benzene rings is 1. The van der Waals surface area contributed by atoms with Crippen LogP contribution in [0.1, 0.15) is 22.9 Å². The quantitative estimate of drug-likeness (QED) is 0.449. The summed E-state index contributed by atoms with van der Waals surface area (Å²) >= 11 is 3.02. The molecule has 3 heterocycles. The van der Waals surface area contributed by atoms with Crippen LogP contribution in [-0.4, -0.2) is 14.5 Å². The van der Waals surface area contributed by atoms with Crippen LogP contribution >= 0.6 is 23.1 Å². The molecule has 4 rings (SSSR count). The molecule has 0 saturated carbocycles. The molecule has 27 heavy (non-hydrogen) atoms. The number of hydrogen-bond donors (Lipinski definition) is 0. The molecule has 0 N–H and O–H groups in total. The maximum atomic E-state index is 13.5. The van der Waals surface area contributed by atoms with Crippen molar-refractivity contribution >= 4 is 33.3 Å². The molecule has 0 bridgehead atoms. The maximum absolute atomic E-state index is 13.5. The molecule has 0 aliphatic heterocycles. The van der Waals surface area contributed by atoms with Crippen molar-refractivity contribution in [3.05, 3.63) is 75.0 Å². The van der Waals surface area contributed by atoms with E-state index in [1.807, 2.05) is 56.3 Å². The molecule has 0 unspecified atom stereocenters. The van der Waals surface area contributed by atoms with Crippen LogP contribution in [0.5, 0.6) is 0 Å². The van der Waals surface area contributed by atoms with Crippen LogP contribution in [0.4, 0.5) is 0 Å². The lowest BCUT2D eigenvalue weighted by atomic mass is 10.2. The first-order chi connectivity index (χ1) is 13.1. The standard InChI is InChI=1S/C21H19N3OS2/c1-4-16-14(3)18-19(26-16)23-21(27-17-7-5-6-12-22-17)24(20(18)25)15-10-8-13(2)9-11-15/h5-12H,4H2,1-3H3. The number of fused-ring (bicyclic) bond motifs is 1. The Kier molecular flexibility index (Phi) is 4.85. The smallest absolute Gasteiger partial charge is 0.267 e. The van der Waals surface area contributed by atoms with Crippen LogP contribution in [0.3, 0.4) is 0 Å². The molecule has 0 amide bonds. The minimum absolute atomic E-state index is 0.0178. The summed E-state index contributed by atoms with van der Waals surface area (Å²) in [4.78, 5) is 24.7. The summed E-state index contributed by atoms with van der Waals surface area (Å²) in [5, 5.41) is 2.18. The van der Waals surface area contributed by atoms with Gasteiger partial charge in [0, 0.05) is 11.1 Å². The minimum Gasteiger partial charge on any atom is -0.268 e. The minimum atomic E-state index is -0.0178. The van der Waals surface area contributed by atoms with E-state index in [1.165, 1.54) is 16.6 Å². The molecular weight excluding hydrogens is 374 g/mol. The van der Waals surface area contributed by atoms with Crippen LogP contribution in [0.2, 0.25) is 0 Å². The molecule has 4 nitrogen and oxygen atoms in total. The fourth-order valence-electron chi connectivity index (χ4n) is 3.04. The van der Waals surface area contributed by atoms with Crippen LogP contribution in [0.25, 0.3) is 15.9 Å². The first-order valence-corrected chi connectivity index (χ1v) is 10.4. The molecule has 0 radical (unpaired) electrons. The molecule has 0 atom stereocenters. The SMILES string of the molecule is CCc1sc2nc(Sc3ccccn3)n(-c3ccc(C)cc3)c(=O)c2c1C. The summed E-state index contributed by atoms with van der Waals surface area (Å²) < 4.78 is 1.71. The Morgan fingerprint density at radius 3 is 2.56 bits per heavy atom. The summed E-state index contributed by atoms with van der Waals surface area (Å²) in [6.07, 6.45) is 2.65. The van der Waals surface area contributed by atoms with Gasteiger partial charge in [0.2, 0.25) is 0 Å². The van der Waals surface area contributed by atoms with E-state index in [-0.39, 0.29) is 5.56 Å². The molecule has 136 valence electrons. The van der Waals surface area contributed by atoms with Crippen LogP contribution in [0.15, 0.2) is 63.6 Å². The number of aromatic nitrogens is 3. The van der Waals surface area contributed by atoms with E-state index in [0.717, 1.165) is 38.5 Å². The Bertz CT molecular complexity index is 1160. The van der Waals surface area contributed by atoms with Crippen molar-refractivity contribution in [1.82, 2.24) is 14.5 Å².